The summed E-state index contributed by atoms with van der Waals surface area (Å²) in [6, 6.07) is 0. The van der Waals surface area contributed by atoms with Gasteiger partial charge in [-0.25, -0.2) is 4.79 Å². The second-order valence-electron chi connectivity index (χ2n) is 6.31. The second-order valence-corrected chi connectivity index (χ2v) is 6.87. The molecular weight excluding hydrogens is 447 g/mol. The van der Waals surface area contributed by atoms with E-state index in [1.165, 1.54) is 13.8 Å². The van der Waals surface area contributed by atoms with Gasteiger partial charge in [0.05, 0.1) is 6.61 Å². The number of alkyl halides is 7. The molecular formula is C17H24F7NO4S. The van der Waals surface area contributed by atoms with Crippen LogP contribution in [0.4, 0.5) is 30.7 Å². The summed E-state index contributed by atoms with van der Waals surface area (Å²) in [6.45, 7) is 5.61. The van der Waals surface area contributed by atoms with E-state index in [0.29, 0.717) is 4.90 Å². The molecule has 13 heteroatoms. The van der Waals surface area contributed by atoms with E-state index in [9.17, 15) is 40.3 Å². The fourth-order valence-electron chi connectivity index (χ4n) is 2.15. The van der Waals surface area contributed by atoms with Gasteiger partial charge in [-0.05, 0) is 33.6 Å². The van der Waals surface area contributed by atoms with Gasteiger partial charge in [-0.3, -0.25) is 4.79 Å². The second kappa shape index (κ2) is 10.7. The number of unbranched alkanes of at least 4 members (excludes halogenated alkanes) is 1. The van der Waals surface area contributed by atoms with Crippen LogP contribution < -0.4 is 0 Å². The lowest BCUT2D eigenvalue weighted by Gasteiger charge is -2.36. The van der Waals surface area contributed by atoms with Gasteiger partial charge in [0.25, 0.3) is 0 Å². The van der Waals surface area contributed by atoms with Crippen LogP contribution in [0.5, 0.6) is 0 Å². The van der Waals surface area contributed by atoms with Crippen LogP contribution in [0.25, 0.3) is 0 Å². The van der Waals surface area contributed by atoms with Crippen molar-refractivity contribution in [2.75, 3.05) is 19.7 Å². The van der Waals surface area contributed by atoms with Crippen molar-refractivity contribution < 1.29 is 49.8 Å². The Kier molecular flexibility index (Phi) is 10.2. The molecule has 0 aliphatic heterocycles. The maximum Gasteiger partial charge on any atom is 0.466 e. The molecule has 0 aliphatic carbocycles. The first-order valence-electron chi connectivity index (χ1n) is 8.83. The van der Waals surface area contributed by atoms with Gasteiger partial charge in [-0.2, -0.15) is 30.7 Å². The van der Waals surface area contributed by atoms with Gasteiger partial charge in [0.15, 0.2) is 0 Å². The zero-order valence-electron chi connectivity index (χ0n) is 16.6. The Morgan fingerprint density at radius 2 is 1.50 bits per heavy atom. The Balaban J connectivity index is 5.60. The molecule has 0 radical (unpaired) electrons. The summed E-state index contributed by atoms with van der Waals surface area (Å²) in [5.41, 5.74) is -0.449. The van der Waals surface area contributed by atoms with E-state index < -0.39 is 66.5 Å². The van der Waals surface area contributed by atoms with E-state index in [0.717, 1.165) is 6.92 Å². The van der Waals surface area contributed by atoms with Gasteiger partial charge in [-0.15, -0.1) is 0 Å². The van der Waals surface area contributed by atoms with Gasteiger partial charge >= 0.3 is 35.0 Å². The highest BCUT2D eigenvalue weighted by Gasteiger charge is 2.67. The number of amides is 1. The smallest absolute Gasteiger partial charge is 0.412 e. The normalized spacial score (nSPS) is 14.8. The van der Waals surface area contributed by atoms with Crippen LogP contribution >= 0.6 is 12.6 Å². The Morgan fingerprint density at radius 3 is 1.87 bits per heavy atom. The predicted octanol–water partition coefficient (Wildman–Crippen LogP) is 4.58. The molecule has 0 spiro atoms. The van der Waals surface area contributed by atoms with Crippen LogP contribution in [-0.4, -0.2) is 59.6 Å². The quantitative estimate of drug-likeness (QED) is 0.113. The van der Waals surface area contributed by atoms with Gasteiger partial charge in [-0.1, -0.05) is 19.2 Å². The molecule has 0 bridgehead atoms. The number of ether oxygens (including phenoxy) is 2. The summed E-state index contributed by atoms with van der Waals surface area (Å²) in [5.74, 6) is -11.8. The molecule has 0 aliphatic rings. The van der Waals surface area contributed by atoms with E-state index in [1.807, 2.05) is 0 Å². The molecule has 0 heterocycles. The van der Waals surface area contributed by atoms with Crippen molar-refractivity contribution in [3.63, 3.8) is 0 Å². The minimum Gasteiger partial charge on any atom is -0.412 e. The Labute approximate surface area is 175 Å². The summed E-state index contributed by atoms with van der Waals surface area (Å²) in [5, 5.41) is -4.61. The Bertz CT molecular complexity index is 618. The molecule has 0 aromatic carbocycles. The van der Waals surface area contributed by atoms with Crippen molar-refractivity contribution in [2.24, 2.45) is 0 Å². The molecule has 176 valence electrons. The average molecular weight is 471 g/mol. The number of likely N-dealkylation sites (N-methyl/N-ethyl adjacent to an activating group) is 1. The highest BCUT2D eigenvalue weighted by atomic mass is 32.1. The fourth-order valence-corrected chi connectivity index (χ4v) is 2.26. The van der Waals surface area contributed by atoms with Gasteiger partial charge < -0.3 is 14.4 Å². The highest BCUT2D eigenvalue weighted by Crippen LogP contribution is 2.41. The summed E-state index contributed by atoms with van der Waals surface area (Å²) in [7, 11) is 0. The number of hydrogen-bond acceptors (Lipinski definition) is 5. The number of carbonyl (C=O) groups is 2. The topological polar surface area (TPSA) is 55.8 Å². The van der Waals surface area contributed by atoms with Crippen LogP contribution in [0.1, 0.15) is 40.0 Å². The maximum atomic E-state index is 13.8. The molecule has 0 fully saturated rings. The number of thiol groups is 1. The molecule has 0 aromatic heterocycles. The molecule has 0 saturated carbocycles. The zero-order valence-corrected chi connectivity index (χ0v) is 17.5. The summed E-state index contributed by atoms with van der Waals surface area (Å²) < 4.78 is 102. The van der Waals surface area contributed by atoms with Crippen molar-refractivity contribution in [3.05, 3.63) is 12.2 Å². The number of esters is 1. The molecule has 0 saturated heterocycles. The number of halogens is 7. The van der Waals surface area contributed by atoms with E-state index in [2.05, 4.69) is 28.7 Å². The predicted molar refractivity (Wildman–Crippen MR) is 96.3 cm³/mol. The molecule has 0 rings (SSSR count). The lowest BCUT2D eigenvalue weighted by atomic mass is 10.1. The third kappa shape index (κ3) is 7.03. The molecule has 0 aromatic rings. The van der Waals surface area contributed by atoms with Crippen molar-refractivity contribution in [1.29, 1.82) is 0 Å². The third-order valence-corrected chi connectivity index (χ3v) is 4.25. The van der Waals surface area contributed by atoms with Crippen molar-refractivity contribution in [1.82, 2.24) is 4.90 Å². The molecule has 30 heavy (non-hydrogen) atoms. The van der Waals surface area contributed by atoms with Gasteiger partial charge in [0, 0.05) is 25.1 Å². The fraction of sp³-hybridized carbons (Fsp3) is 0.765. The molecule has 1 amide bonds. The highest BCUT2D eigenvalue weighted by molar-refractivity contribution is 7.81. The summed E-state index contributed by atoms with van der Waals surface area (Å²) >= 11 is 2.49. The van der Waals surface area contributed by atoms with Crippen LogP contribution in [0, 0.1) is 0 Å². The zero-order chi connectivity index (χ0) is 24.0. The number of hydrogen-bond donors (Lipinski definition) is 1. The number of nitrogens with zero attached hydrogens (tertiary/aromatic N) is 1. The Morgan fingerprint density at radius 1 is 1.00 bits per heavy atom. The summed E-state index contributed by atoms with van der Waals surface area (Å²) in [4.78, 5) is 25.0. The van der Waals surface area contributed by atoms with Crippen LogP contribution in [0.2, 0.25) is 0 Å². The monoisotopic (exact) mass is 471 g/mol. The minimum absolute atomic E-state index is 0.176. The first-order valence-corrected chi connectivity index (χ1v) is 9.28. The average Bonchev–Trinajstić information content (AvgIpc) is 2.58. The van der Waals surface area contributed by atoms with Gasteiger partial charge in [0.1, 0.15) is 0 Å². The lowest BCUT2D eigenvalue weighted by Crippen LogP contribution is -2.62. The molecule has 0 N–H and O–H groups in total. The van der Waals surface area contributed by atoms with E-state index in [1.54, 1.807) is 0 Å². The lowest BCUT2D eigenvalue weighted by molar-refractivity contribution is -0.350. The minimum atomic E-state index is -5.53. The standard InChI is InChI=1S/C17H24F7NO4S/c1-5-25(6-2)13(27)15(16(20,21)22,29-12(26)11(3)4)28-10-8-7-9-14(18,19)17(23,24)30/h30H,3,5-10H2,1-2,4H3. The SMILES string of the molecule is C=C(C)C(=O)OC(OCCCCC(F)(F)C(F)(F)S)(C(=O)N(CC)CC)C(F)(F)F. The van der Waals surface area contributed by atoms with Gasteiger partial charge in [0.2, 0.25) is 0 Å². The van der Waals surface area contributed by atoms with Crippen LogP contribution in [-0.2, 0) is 19.1 Å². The first kappa shape index (κ1) is 28.5. The number of carbonyl (C=O) groups excluding carboxylic acids is 2. The van der Waals surface area contributed by atoms with Crippen molar-refractivity contribution in [3.8, 4) is 0 Å². The van der Waals surface area contributed by atoms with Crippen LogP contribution in [0.3, 0.4) is 0 Å². The van der Waals surface area contributed by atoms with Crippen LogP contribution in [0.15, 0.2) is 12.2 Å². The largest absolute Gasteiger partial charge is 0.466 e. The Hall–Kier alpha value is -1.50. The maximum absolute atomic E-state index is 13.8. The third-order valence-electron chi connectivity index (χ3n) is 3.92. The molecule has 1 unspecified atom stereocenters. The molecule has 1 atom stereocenters. The van der Waals surface area contributed by atoms with E-state index in [-0.39, 0.29) is 13.1 Å². The number of rotatable bonds is 12. The summed E-state index contributed by atoms with van der Waals surface area (Å²) in [6.07, 6.45) is -8.15. The van der Waals surface area contributed by atoms with E-state index in [4.69, 9.17) is 0 Å². The molecule has 5 nitrogen and oxygen atoms in total. The van der Waals surface area contributed by atoms with E-state index >= 15 is 0 Å². The van der Waals surface area contributed by atoms with Crippen molar-refractivity contribution >= 4 is 24.5 Å². The van der Waals surface area contributed by atoms with Crippen molar-refractivity contribution in [2.45, 2.75) is 63.2 Å². The first-order chi connectivity index (χ1) is 13.5.